The number of rotatable bonds is 5. The van der Waals surface area contributed by atoms with Gasteiger partial charge in [-0.05, 0) is 34.9 Å². The fraction of sp³-hybridized carbons (Fsp3) is 0.167. The number of urea groups is 1. The molecule has 4 N–H and O–H groups in total. The summed E-state index contributed by atoms with van der Waals surface area (Å²) in [6, 6.07) is 11.8. The van der Waals surface area contributed by atoms with Gasteiger partial charge in [0.05, 0.1) is 6.42 Å². The van der Waals surface area contributed by atoms with E-state index in [-0.39, 0.29) is 24.9 Å². The third-order valence-corrected chi connectivity index (χ3v) is 3.85. The highest BCUT2D eigenvalue weighted by Crippen LogP contribution is 2.20. The molecular formula is C18H17N3O4. The third kappa shape index (κ3) is 4.14. The Labute approximate surface area is 144 Å². The van der Waals surface area contributed by atoms with Gasteiger partial charge >= 0.3 is 12.0 Å². The Morgan fingerprint density at radius 1 is 1.12 bits per heavy atom. The van der Waals surface area contributed by atoms with Crippen LogP contribution in [0.3, 0.4) is 0 Å². The summed E-state index contributed by atoms with van der Waals surface area (Å²) in [6.07, 6.45) is -0.0537. The number of carboxylic acids is 1. The highest BCUT2D eigenvalue weighted by Gasteiger charge is 2.18. The van der Waals surface area contributed by atoms with Gasteiger partial charge in [-0.25, -0.2) is 4.79 Å². The molecule has 2 aromatic carbocycles. The molecule has 128 valence electrons. The lowest BCUT2D eigenvalue weighted by molar-refractivity contribution is -0.136. The average Bonchev–Trinajstić information content (AvgIpc) is 2.93. The fourth-order valence-corrected chi connectivity index (χ4v) is 2.69. The van der Waals surface area contributed by atoms with Crippen LogP contribution in [0.2, 0.25) is 0 Å². The average molecular weight is 339 g/mol. The molecule has 3 amide bonds. The van der Waals surface area contributed by atoms with E-state index in [1.807, 2.05) is 6.07 Å². The molecule has 1 heterocycles. The molecule has 0 unspecified atom stereocenters. The Morgan fingerprint density at radius 2 is 1.92 bits per heavy atom. The van der Waals surface area contributed by atoms with Crippen molar-refractivity contribution in [3.05, 3.63) is 64.7 Å². The largest absolute Gasteiger partial charge is 0.481 e. The third-order valence-electron chi connectivity index (χ3n) is 3.85. The van der Waals surface area contributed by atoms with Crippen LogP contribution in [-0.4, -0.2) is 23.0 Å². The van der Waals surface area contributed by atoms with Gasteiger partial charge in [-0.2, -0.15) is 0 Å². The first-order chi connectivity index (χ1) is 12.0. The summed E-state index contributed by atoms with van der Waals surface area (Å²) in [5, 5.41) is 17.0. The zero-order valence-electron chi connectivity index (χ0n) is 13.3. The van der Waals surface area contributed by atoms with E-state index in [0.29, 0.717) is 23.4 Å². The van der Waals surface area contributed by atoms with Crippen LogP contribution in [0.15, 0.2) is 42.5 Å². The minimum absolute atomic E-state index is 0.0537. The number of nitrogens with one attached hydrogen (secondary N) is 3. The first-order valence-corrected chi connectivity index (χ1v) is 7.77. The highest BCUT2D eigenvalue weighted by molar-refractivity contribution is 5.99. The first-order valence-electron chi connectivity index (χ1n) is 7.77. The Morgan fingerprint density at radius 3 is 2.72 bits per heavy atom. The van der Waals surface area contributed by atoms with Gasteiger partial charge in [-0.3, -0.25) is 9.59 Å². The number of carbonyl (C=O) groups is 3. The van der Waals surface area contributed by atoms with Crippen molar-refractivity contribution < 1.29 is 19.5 Å². The number of benzene rings is 2. The second kappa shape index (κ2) is 7.04. The molecule has 3 rings (SSSR count). The maximum absolute atomic E-state index is 12.0. The van der Waals surface area contributed by atoms with Crippen LogP contribution in [0.1, 0.15) is 27.0 Å². The predicted molar refractivity (Wildman–Crippen MR) is 91.3 cm³/mol. The van der Waals surface area contributed by atoms with Gasteiger partial charge in [0.1, 0.15) is 0 Å². The van der Waals surface area contributed by atoms with Crippen LogP contribution >= 0.6 is 0 Å². The normalized spacial score (nSPS) is 12.2. The number of hydrogen-bond acceptors (Lipinski definition) is 3. The van der Waals surface area contributed by atoms with Crippen LogP contribution in [0.25, 0.3) is 0 Å². The van der Waals surface area contributed by atoms with Crippen LogP contribution in [-0.2, 0) is 24.3 Å². The Balaban J connectivity index is 1.57. The van der Waals surface area contributed by atoms with Crippen molar-refractivity contribution in [2.75, 3.05) is 5.32 Å². The Hall–Kier alpha value is -3.35. The highest BCUT2D eigenvalue weighted by atomic mass is 16.4. The number of carbonyl (C=O) groups excluding carboxylic acids is 2. The van der Waals surface area contributed by atoms with Crippen LogP contribution in [0, 0.1) is 0 Å². The van der Waals surface area contributed by atoms with E-state index in [1.165, 1.54) is 0 Å². The van der Waals surface area contributed by atoms with E-state index in [9.17, 15) is 14.4 Å². The monoisotopic (exact) mass is 339 g/mol. The molecule has 0 radical (unpaired) electrons. The number of aliphatic carboxylic acids is 1. The van der Waals surface area contributed by atoms with E-state index in [0.717, 1.165) is 11.1 Å². The van der Waals surface area contributed by atoms with Gasteiger partial charge in [-0.1, -0.05) is 24.3 Å². The molecule has 1 aliphatic heterocycles. The molecule has 0 saturated heterocycles. The van der Waals surface area contributed by atoms with E-state index in [1.54, 1.807) is 36.4 Å². The number of fused-ring (bicyclic) bond motifs is 1. The van der Waals surface area contributed by atoms with Gasteiger partial charge in [-0.15, -0.1) is 0 Å². The molecule has 0 aliphatic carbocycles. The summed E-state index contributed by atoms with van der Waals surface area (Å²) in [6.45, 7) is 0.742. The second-order valence-electron chi connectivity index (χ2n) is 5.75. The zero-order chi connectivity index (χ0) is 17.8. The lowest BCUT2D eigenvalue weighted by Crippen LogP contribution is -2.28. The molecular weight excluding hydrogens is 322 g/mol. The molecule has 1 aliphatic rings. The van der Waals surface area contributed by atoms with Crippen molar-refractivity contribution in [3.63, 3.8) is 0 Å². The Bertz CT molecular complexity index is 848. The summed E-state index contributed by atoms with van der Waals surface area (Å²) < 4.78 is 0. The van der Waals surface area contributed by atoms with Gasteiger partial charge in [0, 0.05) is 24.3 Å². The molecule has 0 saturated carbocycles. The minimum Gasteiger partial charge on any atom is -0.481 e. The molecule has 0 bridgehead atoms. The van der Waals surface area contributed by atoms with E-state index >= 15 is 0 Å². The quantitative estimate of drug-likeness (QED) is 0.667. The van der Waals surface area contributed by atoms with Crippen molar-refractivity contribution in [2.45, 2.75) is 19.5 Å². The maximum Gasteiger partial charge on any atom is 0.319 e. The SMILES string of the molecule is O=C(O)Cc1cccc(CNC(=O)Nc2ccc3c(c2)CNC3=O)c1. The molecule has 7 heteroatoms. The van der Waals surface area contributed by atoms with Crippen molar-refractivity contribution in [3.8, 4) is 0 Å². The van der Waals surface area contributed by atoms with E-state index in [2.05, 4.69) is 16.0 Å². The predicted octanol–water partition coefficient (Wildman–Crippen LogP) is 1.88. The van der Waals surface area contributed by atoms with Gasteiger partial charge in [0.25, 0.3) is 5.91 Å². The van der Waals surface area contributed by atoms with Crippen molar-refractivity contribution in [2.24, 2.45) is 0 Å². The molecule has 0 fully saturated rings. The summed E-state index contributed by atoms with van der Waals surface area (Å²) in [7, 11) is 0. The summed E-state index contributed by atoms with van der Waals surface area (Å²) in [5.74, 6) is -1.00. The summed E-state index contributed by atoms with van der Waals surface area (Å²) in [5.41, 5.74) is 3.58. The van der Waals surface area contributed by atoms with Gasteiger partial charge in [0.2, 0.25) is 0 Å². The van der Waals surface area contributed by atoms with Crippen LogP contribution in [0.5, 0.6) is 0 Å². The molecule has 7 nitrogen and oxygen atoms in total. The Kier molecular flexibility index (Phi) is 4.65. The smallest absolute Gasteiger partial charge is 0.319 e. The van der Waals surface area contributed by atoms with Crippen molar-refractivity contribution >= 4 is 23.6 Å². The van der Waals surface area contributed by atoms with Crippen molar-refractivity contribution in [1.29, 1.82) is 0 Å². The second-order valence-corrected chi connectivity index (χ2v) is 5.75. The minimum atomic E-state index is -0.896. The van der Waals surface area contributed by atoms with E-state index < -0.39 is 5.97 Å². The lowest BCUT2D eigenvalue weighted by atomic mass is 10.1. The molecule has 25 heavy (non-hydrogen) atoms. The molecule has 0 aromatic heterocycles. The lowest BCUT2D eigenvalue weighted by Gasteiger charge is -2.09. The zero-order valence-corrected chi connectivity index (χ0v) is 13.3. The number of anilines is 1. The summed E-state index contributed by atoms with van der Waals surface area (Å²) >= 11 is 0. The topological polar surface area (TPSA) is 108 Å². The van der Waals surface area contributed by atoms with Crippen LogP contribution in [0.4, 0.5) is 10.5 Å². The molecule has 2 aromatic rings. The number of carboxylic acid groups (broad SMARTS) is 1. The van der Waals surface area contributed by atoms with Crippen LogP contribution < -0.4 is 16.0 Å². The molecule has 0 spiro atoms. The standard InChI is InChI=1S/C18H17N3O4/c22-16(23)7-11-2-1-3-12(6-11)9-20-18(25)21-14-4-5-15-13(8-14)10-19-17(15)24/h1-6,8H,7,9-10H2,(H,19,24)(H,22,23)(H2,20,21,25). The number of hydrogen-bond donors (Lipinski definition) is 4. The van der Waals surface area contributed by atoms with E-state index in [4.69, 9.17) is 5.11 Å². The fourth-order valence-electron chi connectivity index (χ4n) is 2.69. The first kappa shape index (κ1) is 16.5. The molecule has 0 atom stereocenters. The summed E-state index contributed by atoms with van der Waals surface area (Å²) in [4.78, 5) is 34.3. The van der Waals surface area contributed by atoms with Crippen molar-refractivity contribution in [1.82, 2.24) is 10.6 Å². The number of amides is 3. The van der Waals surface area contributed by atoms with Gasteiger partial charge in [0.15, 0.2) is 0 Å². The van der Waals surface area contributed by atoms with Gasteiger partial charge < -0.3 is 21.1 Å². The maximum atomic E-state index is 12.0.